The minimum absolute atomic E-state index is 0.160. The second kappa shape index (κ2) is 8.69. The summed E-state index contributed by atoms with van der Waals surface area (Å²) in [5.74, 6) is -0.160. The second-order valence-corrected chi connectivity index (χ2v) is 6.65. The number of nitrogens with one attached hydrogen (secondary N) is 3. The monoisotopic (exact) mass is 438 g/mol. The molecule has 0 aliphatic rings. The maximum absolute atomic E-state index is 11.9. The van der Waals surface area contributed by atoms with Crippen LogP contribution in [0.2, 0.25) is 0 Å². The molecular weight excluding hydrogens is 424 g/mol. The van der Waals surface area contributed by atoms with Crippen molar-refractivity contribution in [2.24, 2.45) is 5.10 Å². The average Bonchev–Trinajstić information content (AvgIpc) is 2.54. The fourth-order valence-electron chi connectivity index (χ4n) is 1.68. The first kappa shape index (κ1) is 17.5. The first-order chi connectivity index (χ1) is 11.0. The smallest absolute Gasteiger partial charge is 0.244 e. The maximum atomic E-state index is 11.9. The Labute approximate surface area is 151 Å². The van der Waals surface area contributed by atoms with Gasteiger partial charge in [-0.15, -0.1) is 0 Å². The fraction of sp³-hybridized carbons (Fsp3) is 0.125. The predicted molar refractivity (Wildman–Crippen MR) is 101 cm³/mol. The van der Waals surface area contributed by atoms with E-state index in [-0.39, 0.29) is 12.3 Å². The number of benzene rings is 2. The SMILES string of the molecule is CC(CC(=O)NNc1ccc(Br)cc1)=NNc1ccc(Br)cc1. The summed E-state index contributed by atoms with van der Waals surface area (Å²) >= 11 is 6.73. The van der Waals surface area contributed by atoms with Crippen LogP contribution in [0.5, 0.6) is 0 Å². The third-order valence-electron chi connectivity index (χ3n) is 2.83. The Bertz CT molecular complexity index is 684. The third-order valence-corrected chi connectivity index (χ3v) is 3.88. The molecule has 0 aliphatic carbocycles. The minimum Gasteiger partial charge on any atom is -0.299 e. The van der Waals surface area contributed by atoms with Crippen LogP contribution in [0.3, 0.4) is 0 Å². The van der Waals surface area contributed by atoms with Crippen LogP contribution in [-0.2, 0) is 4.79 Å². The molecule has 0 bridgehead atoms. The van der Waals surface area contributed by atoms with Gasteiger partial charge in [-0.05, 0) is 55.5 Å². The molecule has 23 heavy (non-hydrogen) atoms. The summed E-state index contributed by atoms with van der Waals surface area (Å²) in [5.41, 5.74) is 10.8. The minimum atomic E-state index is -0.160. The van der Waals surface area contributed by atoms with Gasteiger partial charge in [0.2, 0.25) is 5.91 Å². The molecule has 2 aromatic rings. The molecule has 0 unspecified atom stereocenters. The lowest BCUT2D eigenvalue weighted by atomic mass is 10.3. The molecule has 0 aromatic heterocycles. The van der Waals surface area contributed by atoms with E-state index in [1.54, 1.807) is 6.92 Å². The summed E-state index contributed by atoms with van der Waals surface area (Å²) in [7, 11) is 0. The molecule has 1 amide bonds. The van der Waals surface area contributed by atoms with Crippen molar-refractivity contribution in [2.75, 3.05) is 10.9 Å². The molecule has 0 radical (unpaired) electrons. The Morgan fingerprint density at radius 2 is 1.48 bits per heavy atom. The molecule has 0 spiro atoms. The van der Waals surface area contributed by atoms with Gasteiger partial charge in [0.25, 0.3) is 0 Å². The molecule has 2 aromatic carbocycles. The second-order valence-electron chi connectivity index (χ2n) is 4.82. The van der Waals surface area contributed by atoms with Gasteiger partial charge in [-0.3, -0.25) is 21.1 Å². The van der Waals surface area contributed by atoms with E-state index in [1.165, 1.54) is 0 Å². The van der Waals surface area contributed by atoms with Gasteiger partial charge in [-0.2, -0.15) is 5.10 Å². The van der Waals surface area contributed by atoms with Gasteiger partial charge >= 0.3 is 0 Å². The van der Waals surface area contributed by atoms with E-state index in [2.05, 4.69) is 53.2 Å². The molecule has 2 rings (SSSR count). The standard InChI is InChI=1S/C16H16Br2N4O/c1-11(19-20-14-6-2-12(17)3-7-14)10-16(23)22-21-15-8-4-13(18)5-9-15/h2-9,20-21H,10H2,1H3,(H,22,23). The Balaban J connectivity index is 1.78. The molecule has 0 saturated heterocycles. The van der Waals surface area contributed by atoms with Crippen LogP contribution in [-0.4, -0.2) is 11.6 Å². The van der Waals surface area contributed by atoms with E-state index in [4.69, 9.17) is 0 Å². The molecule has 0 fully saturated rings. The lowest BCUT2D eigenvalue weighted by molar-refractivity contribution is -0.119. The van der Waals surface area contributed by atoms with Crippen molar-refractivity contribution < 1.29 is 4.79 Å². The Hall–Kier alpha value is -1.86. The zero-order chi connectivity index (χ0) is 16.7. The van der Waals surface area contributed by atoms with Crippen LogP contribution >= 0.6 is 31.9 Å². The highest BCUT2D eigenvalue weighted by molar-refractivity contribution is 9.10. The predicted octanol–water partition coefficient (Wildman–Crippen LogP) is 4.53. The van der Waals surface area contributed by atoms with Gasteiger partial charge in [0, 0.05) is 14.7 Å². The molecule has 5 nitrogen and oxygen atoms in total. The van der Waals surface area contributed by atoms with Gasteiger partial charge in [0.05, 0.1) is 17.8 Å². The number of rotatable bonds is 6. The summed E-state index contributed by atoms with van der Waals surface area (Å²) in [6.45, 7) is 1.80. The van der Waals surface area contributed by atoms with Crippen molar-refractivity contribution in [3.63, 3.8) is 0 Å². The number of hydrazone groups is 1. The van der Waals surface area contributed by atoms with E-state index in [0.29, 0.717) is 5.71 Å². The number of carbonyl (C=O) groups excluding carboxylic acids is 1. The van der Waals surface area contributed by atoms with Crippen molar-refractivity contribution in [3.05, 3.63) is 57.5 Å². The van der Waals surface area contributed by atoms with Crippen LogP contribution in [0.15, 0.2) is 62.6 Å². The average molecular weight is 440 g/mol. The van der Waals surface area contributed by atoms with Crippen LogP contribution in [0.1, 0.15) is 13.3 Å². The zero-order valence-corrected chi connectivity index (χ0v) is 15.6. The van der Waals surface area contributed by atoms with Crippen molar-refractivity contribution in [1.82, 2.24) is 5.43 Å². The van der Waals surface area contributed by atoms with Crippen LogP contribution in [0.25, 0.3) is 0 Å². The molecule has 120 valence electrons. The molecule has 0 aliphatic heterocycles. The van der Waals surface area contributed by atoms with E-state index < -0.39 is 0 Å². The lowest BCUT2D eigenvalue weighted by Crippen LogP contribution is -2.30. The summed E-state index contributed by atoms with van der Waals surface area (Å²) in [5, 5.41) is 4.19. The van der Waals surface area contributed by atoms with Gasteiger partial charge in [-0.1, -0.05) is 31.9 Å². The first-order valence-electron chi connectivity index (χ1n) is 6.88. The number of halogens is 2. The maximum Gasteiger partial charge on any atom is 0.244 e. The first-order valence-corrected chi connectivity index (χ1v) is 8.47. The molecule has 0 heterocycles. The molecule has 0 saturated carbocycles. The van der Waals surface area contributed by atoms with Crippen molar-refractivity contribution in [3.8, 4) is 0 Å². The Morgan fingerprint density at radius 3 is 2.04 bits per heavy atom. The third kappa shape index (κ3) is 6.42. The van der Waals surface area contributed by atoms with Crippen molar-refractivity contribution in [2.45, 2.75) is 13.3 Å². The summed E-state index contributed by atoms with van der Waals surface area (Å²) in [4.78, 5) is 11.9. The van der Waals surface area contributed by atoms with Gasteiger partial charge in [0.15, 0.2) is 0 Å². The van der Waals surface area contributed by atoms with E-state index in [0.717, 1.165) is 20.3 Å². The molecular formula is C16H16Br2N4O. The van der Waals surface area contributed by atoms with Crippen molar-refractivity contribution in [1.29, 1.82) is 0 Å². The van der Waals surface area contributed by atoms with Gasteiger partial charge < -0.3 is 0 Å². The number of hydrogen-bond donors (Lipinski definition) is 3. The normalized spacial score (nSPS) is 11.0. The summed E-state index contributed by atoms with van der Waals surface area (Å²) in [6.07, 6.45) is 0.201. The highest BCUT2D eigenvalue weighted by Crippen LogP contribution is 2.14. The van der Waals surface area contributed by atoms with E-state index >= 15 is 0 Å². The molecule has 7 heteroatoms. The lowest BCUT2D eigenvalue weighted by Gasteiger charge is -2.08. The summed E-state index contributed by atoms with van der Waals surface area (Å²) in [6, 6.07) is 15.1. The quantitative estimate of drug-likeness (QED) is 0.457. The fourth-order valence-corrected chi connectivity index (χ4v) is 2.20. The highest BCUT2D eigenvalue weighted by atomic mass is 79.9. The number of nitrogens with zero attached hydrogens (tertiary/aromatic N) is 1. The number of hydrogen-bond acceptors (Lipinski definition) is 4. The largest absolute Gasteiger partial charge is 0.299 e. The highest BCUT2D eigenvalue weighted by Gasteiger charge is 2.03. The number of amides is 1. The Morgan fingerprint density at radius 1 is 0.957 bits per heavy atom. The van der Waals surface area contributed by atoms with Crippen LogP contribution in [0.4, 0.5) is 11.4 Å². The number of anilines is 2. The molecule has 0 atom stereocenters. The molecule has 3 N–H and O–H groups in total. The zero-order valence-electron chi connectivity index (χ0n) is 12.4. The Kier molecular flexibility index (Phi) is 6.61. The van der Waals surface area contributed by atoms with E-state index in [1.807, 2.05) is 48.5 Å². The van der Waals surface area contributed by atoms with E-state index in [9.17, 15) is 4.79 Å². The van der Waals surface area contributed by atoms with Gasteiger partial charge in [0.1, 0.15) is 0 Å². The summed E-state index contributed by atoms with van der Waals surface area (Å²) < 4.78 is 1.98. The van der Waals surface area contributed by atoms with Crippen LogP contribution < -0.4 is 16.3 Å². The number of carbonyl (C=O) groups is 1. The topological polar surface area (TPSA) is 65.5 Å². The van der Waals surface area contributed by atoms with Crippen molar-refractivity contribution >= 4 is 54.9 Å². The van der Waals surface area contributed by atoms with Gasteiger partial charge in [-0.25, -0.2) is 0 Å². The number of hydrazine groups is 1. The van der Waals surface area contributed by atoms with Crippen LogP contribution in [0, 0.1) is 0 Å².